The van der Waals surface area contributed by atoms with Crippen LogP contribution in [0.15, 0.2) is 60.7 Å². The summed E-state index contributed by atoms with van der Waals surface area (Å²) in [5.74, 6) is 0. The molecule has 0 aliphatic rings. The van der Waals surface area contributed by atoms with Crippen LogP contribution in [0.3, 0.4) is 0 Å². The molecule has 2 aromatic carbocycles. The minimum atomic E-state index is 0.242. The minimum absolute atomic E-state index is 0.242. The molecule has 0 bridgehead atoms. The highest BCUT2D eigenvalue weighted by Gasteiger charge is 2.25. The van der Waals surface area contributed by atoms with Gasteiger partial charge in [0.05, 0.1) is 12.1 Å². The lowest BCUT2D eigenvalue weighted by atomic mass is 9.92. The van der Waals surface area contributed by atoms with E-state index in [2.05, 4.69) is 99.0 Å². The third-order valence-corrected chi connectivity index (χ3v) is 3.68. The van der Waals surface area contributed by atoms with Crippen LogP contribution in [-0.2, 0) is 0 Å². The Kier molecular flexibility index (Phi) is 6.17. The van der Waals surface area contributed by atoms with Crippen LogP contribution in [0.5, 0.6) is 0 Å². The quantitative estimate of drug-likeness (QED) is 0.788. The zero-order valence-electron chi connectivity index (χ0n) is 14.1. The Hall–Kier alpha value is -1.64. The average molecular weight is 296 g/mol. The summed E-state index contributed by atoms with van der Waals surface area (Å²) >= 11 is 0. The summed E-state index contributed by atoms with van der Waals surface area (Å²) in [4.78, 5) is 0. The first-order valence-corrected chi connectivity index (χ1v) is 8.20. The number of nitrogens with one attached hydrogen (secondary N) is 2. The van der Waals surface area contributed by atoms with Gasteiger partial charge in [-0.25, -0.2) is 0 Å². The van der Waals surface area contributed by atoms with Crippen molar-refractivity contribution in [3.8, 4) is 0 Å². The van der Waals surface area contributed by atoms with Gasteiger partial charge in [-0.3, -0.25) is 0 Å². The van der Waals surface area contributed by atoms with Gasteiger partial charge >= 0.3 is 0 Å². The normalized spacial score (nSPS) is 14.3. The Morgan fingerprint density at radius 3 is 1.14 bits per heavy atom. The highest BCUT2D eigenvalue weighted by molar-refractivity contribution is 5.28. The third-order valence-electron chi connectivity index (χ3n) is 3.68. The van der Waals surface area contributed by atoms with Crippen LogP contribution in [-0.4, -0.2) is 12.1 Å². The minimum Gasteiger partial charge on any atom is -0.306 e. The number of hydrogen-bond acceptors (Lipinski definition) is 2. The van der Waals surface area contributed by atoms with Crippen LogP contribution < -0.4 is 10.6 Å². The molecule has 0 aliphatic carbocycles. The molecule has 2 atom stereocenters. The summed E-state index contributed by atoms with van der Waals surface area (Å²) < 4.78 is 0. The standard InChI is InChI=1S/C20H28N2/c1-15(2)21-19(17-11-7-5-8-12-17)20(22-16(3)4)18-13-9-6-10-14-18/h5-16,19-22H,1-4H3. The number of hydrogen-bond donors (Lipinski definition) is 2. The van der Waals surface area contributed by atoms with Crippen molar-refractivity contribution in [3.63, 3.8) is 0 Å². The second kappa shape index (κ2) is 8.11. The molecule has 0 aromatic heterocycles. The highest BCUT2D eigenvalue weighted by atomic mass is 15.0. The fraction of sp³-hybridized carbons (Fsp3) is 0.400. The molecule has 2 nitrogen and oxygen atoms in total. The van der Waals surface area contributed by atoms with Gasteiger partial charge in [0, 0.05) is 12.1 Å². The zero-order chi connectivity index (χ0) is 15.9. The van der Waals surface area contributed by atoms with Crippen molar-refractivity contribution in [2.45, 2.75) is 51.9 Å². The van der Waals surface area contributed by atoms with E-state index in [1.807, 2.05) is 0 Å². The van der Waals surface area contributed by atoms with Gasteiger partial charge in [0.15, 0.2) is 0 Å². The zero-order valence-corrected chi connectivity index (χ0v) is 14.1. The Balaban J connectivity index is 2.39. The predicted octanol–water partition coefficient (Wildman–Crippen LogP) is 4.47. The van der Waals surface area contributed by atoms with Crippen LogP contribution in [0.25, 0.3) is 0 Å². The van der Waals surface area contributed by atoms with Crippen molar-refractivity contribution < 1.29 is 0 Å². The first kappa shape index (κ1) is 16.7. The molecule has 2 aromatic rings. The van der Waals surface area contributed by atoms with Gasteiger partial charge in [-0.15, -0.1) is 0 Å². The van der Waals surface area contributed by atoms with Crippen LogP contribution in [0, 0.1) is 0 Å². The van der Waals surface area contributed by atoms with E-state index >= 15 is 0 Å². The summed E-state index contributed by atoms with van der Waals surface area (Å²) in [6, 6.07) is 22.7. The van der Waals surface area contributed by atoms with E-state index in [0.29, 0.717) is 12.1 Å². The second-order valence-electron chi connectivity index (χ2n) is 6.42. The van der Waals surface area contributed by atoms with Crippen LogP contribution in [0.2, 0.25) is 0 Å². The lowest BCUT2D eigenvalue weighted by Gasteiger charge is -2.33. The van der Waals surface area contributed by atoms with E-state index in [9.17, 15) is 0 Å². The Bertz CT molecular complexity index is 483. The van der Waals surface area contributed by atoms with E-state index in [1.165, 1.54) is 11.1 Å². The Labute approximate surface area is 135 Å². The Morgan fingerprint density at radius 2 is 0.864 bits per heavy atom. The first-order chi connectivity index (χ1) is 10.6. The molecule has 0 saturated heterocycles. The number of rotatable bonds is 7. The molecule has 118 valence electrons. The van der Waals surface area contributed by atoms with Crippen molar-refractivity contribution in [2.24, 2.45) is 0 Å². The van der Waals surface area contributed by atoms with Crippen molar-refractivity contribution >= 4 is 0 Å². The third kappa shape index (κ3) is 4.69. The Morgan fingerprint density at radius 1 is 0.545 bits per heavy atom. The van der Waals surface area contributed by atoms with E-state index in [1.54, 1.807) is 0 Å². The molecule has 0 fully saturated rings. The molecule has 2 unspecified atom stereocenters. The summed E-state index contributed by atoms with van der Waals surface area (Å²) in [6.45, 7) is 8.81. The fourth-order valence-corrected chi connectivity index (χ4v) is 2.81. The van der Waals surface area contributed by atoms with Crippen LogP contribution in [0.1, 0.15) is 50.9 Å². The number of benzene rings is 2. The summed E-state index contributed by atoms with van der Waals surface area (Å²) in [5, 5.41) is 7.48. The second-order valence-corrected chi connectivity index (χ2v) is 6.42. The smallest absolute Gasteiger partial charge is 0.0520 e. The van der Waals surface area contributed by atoms with E-state index in [0.717, 1.165) is 0 Å². The first-order valence-electron chi connectivity index (χ1n) is 8.20. The topological polar surface area (TPSA) is 24.1 Å². The summed E-state index contributed by atoms with van der Waals surface area (Å²) in [5.41, 5.74) is 2.64. The van der Waals surface area contributed by atoms with Crippen molar-refractivity contribution in [3.05, 3.63) is 71.8 Å². The van der Waals surface area contributed by atoms with Crippen molar-refractivity contribution in [1.29, 1.82) is 0 Å². The largest absolute Gasteiger partial charge is 0.306 e. The van der Waals surface area contributed by atoms with Crippen molar-refractivity contribution in [1.82, 2.24) is 10.6 Å². The summed E-state index contributed by atoms with van der Waals surface area (Å²) in [7, 11) is 0. The molecule has 2 heteroatoms. The van der Waals surface area contributed by atoms with Crippen molar-refractivity contribution in [2.75, 3.05) is 0 Å². The molecule has 2 N–H and O–H groups in total. The maximum atomic E-state index is 3.74. The lowest BCUT2D eigenvalue weighted by molar-refractivity contribution is 0.341. The van der Waals surface area contributed by atoms with E-state index < -0.39 is 0 Å². The molecule has 0 radical (unpaired) electrons. The van der Waals surface area contributed by atoms with Gasteiger partial charge in [-0.1, -0.05) is 88.4 Å². The molecule has 0 spiro atoms. The van der Waals surface area contributed by atoms with Gasteiger partial charge in [-0.2, -0.15) is 0 Å². The van der Waals surface area contributed by atoms with Gasteiger partial charge in [0.1, 0.15) is 0 Å². The molecule has 0 heterocycles. The van der Waals surface area contributed by atoms with Crippen LogP contribution >= 0.6 is 0 Å². The maximum Gasteiger partial charge on any atom is 0.0520 e. The fourth-order valence-electron chi connectivity index (χ4n) is 2.81. The molecule has 22 heavy (non-hydrogen) atoms. The molecule has 0 saturated carbocycles. The average Bonchev–Trinajstić information content (AvgIpc) is 2.52. The molecule has 0 amide bonds. The summed E-state index contributed by atoms with van der Waals surface area (Å²) in [6.07, 6.45) is 0. The predicted molar refractivity (Wildman–Crippen MR) is 94.9 cm³/mol. The lowest BCUT2D eigenvalue weighted by Crippen LogP contribution is -2.40. The molecular formula is C20H28N2. The highest BCUT2D eigenvalue weighted by Crippen LogP contribution is 2.29. The SMILES string of the molecule is CC(C)NC(c1ccccc1)C(NC(C)C)c1ccccc1. The molecule has 2 rings (SSSR count). The molecular weight excluding hydrogens is 268 g/mol. The monoisotopic (exact) mass is 296 g/mol. The van der Waals surface area contributed by atoms with E-state index in [-0.39, 0.29) is 12.1 Å². The van der Waals surface area contributed by atoms with E-state index in [4.69, 9.17) is 0 Å². The molecule has 0 aliphatic heterocycles. The van der Waals surface area contributed by atoms with Gasteiger partial charge < -0.3 is 10.6 Å². The maximum absolute atomic E-state index is 3.74. The van der Waals surface area contributed by atoms with Gasteiger partial charge in [0.25, 0.3) is 0 Å². The van der Waals surface area contributed by atoms with Crippen LogP contribution in [0.4, 0.5) is 0 Å². The van der Waals surface area contributed by atoms with Gasteiger partial charge in [0.2, 0.25) is 0 Å². The van der Waals surface area contributed by atoms with Gasteiger partial charge in [-0.05, 0) is 11.1 Å².